The highest BCUT2D eigenvalue weighted by atomic mass is 19.1. The fourth-order valence-corrected chi connectivity index (χ4v) is 3.26. The Morgan fingerprint density at radius 2 is 2.30 bits per heavy atom. The van der Waals surface area contributed by atoms with Crippen LogP contribution in [0.25, 0.3) is 0 Å². The number of carbonyl (C=O) groups is 1. The van der Waals surface area contributed by atoms with Crippen molar-refractivity contribution in [3.63, 3.8) is 0 Å². The number of likely N-dealkylation sites (N-methyl/N-ethyl adjacent to an activating group) is 1. The molecule has 0 unspecified atom stereocenters. The highest BCUT2D eigenvalue weighted by Gasteiger charge is 2.25. The molecule has 0 saturated carbocycles. The Hall–Kier alpha value is -1.82. The molecule has 2 aliphatic rings. The van der Waals surface area contributed by atoms with E-state index < -0.39 is 0 Å². The predicted octanol–water partition coefficient (Wildman–Crippen LogP) is 2.21. The predicted molar refractivity (Wildman–Crippen MR) is 86.0 cm³/mol. The molecule has 1 atom stereocenters. The number of halogens is 1. The van der Waals surface area contributed by atoms with E-state index in [0.717, 1.165) is 38.0 Å². The number of fused-ring (bicyclic) bond motifs is 1. The molecule has 0 bridgehead atoms. The molecule has 23 heavy (non-hydrogen) atoms. The quantitative estimate of drug-likeness (QED) is 0.908. The van der Waals surface area contributed by atoms with Gasteiger partial charge >= 0.3 is 6.03 Å². The van der Waals surface area contributed by atoms with E-state index in [2.05, 4.69) is 17.1 Å². The van der Waals surface area contributed by atoms with Crippen molar-refractivity contribution in [2.45, 2.75) is 32.4 Å². The average Bonchev–Trinajstić information content (AvgIpc) is 2.77. The molecule has 0 radical (unpaired) electrons. The molecule has 1 aromatic carbocycles. The fraction of sp³-hybridized carbons (Fsp3) is 0.588. The molecule has 0 spiro atoms. The Bertz CT molecular complexity index is 567. The molecular weight excluding hydrogens is 297 g/mol. The van der Waals surface area contributed by atoms with Gasteiger partial charge in [0, 0.05) is 18.2 Å². The third-order valence-electron chi connectivity index (χ3n) is 4.57. The monoisotopic (exact) mass is 321 g/mol. The number of likely N-dealkylation sites (tertiary alicyclic amines) is 1. The first kappa shape index (κ1) is 16.1. The summed E-state index contributed by atoms with van der Waals surface area (Å²) in [6.07, 6.45) is 2.12. The van der Waals surface area contributed by atoms with Crippen LogP contribution in [0.1, 0.15) is 25.3 Å². The Balaban J connectivity index is 1.63. The minimum Gasteiger partial charge on any atom is -0.491 e. The number of benzene rings is 1. The number of piperidine rings is 1. The maximum Gasteiger partial charge on any atom is 0.318 e. The highest BCUT2D eigenvalue weighted by molar-refractivity contribution is 5.74. The lowest BCUT2D eigenvalue weighted by molar-refractivity contribution is 0.164. The van der Waals surface area contributed by atoms with Gasteiger partial charge in [0.15, 0.2) is 0 Å². The molecule has 3 rings (SSSR count). The highest BCUT2D eigenvalue weighted by Crippen LogP contribution is 2.24. The largest absolute Gasteiger partial charge is 0.491 e. The third kappa shape index (κ3) is 3.93. The van der Waals surface area contributed by atoms with Crippen molar-refractivity contribution >= 4 is 6.03 Å². The van der Waals surface area contributed by atoms with E-state index in [-0.39, 0.29) is 17.9 Å². The third-order valence-corrected chi connectivity index (χ3v) is 4.57. The second kappa shape index (κ2) is 7.17. The number of rotatable bonds is 2. The summed E-state index contributed by atoms with van der Waals surface area (Å²) in [5.74, 6) is 0.358. The van der Waals surface area contributed by atoms with E-state index in [0.29, 0.717) is 25.4 Å². The summed E-state index contributed by atoms with van der Waals surface area (Å²) in [5.41, 5.74) is 0.719. The molecule has 0 aliphatic carbocycles. The zero-order valence-electron chi connectivity index (χ0n) is 13.6. The first-order valence-corrected chi connectivity index (χ1v) is 8.34. The van der Waals surface area contributed by atoms with E-state index >= 15 is 0 Å². The Morgan fingerprint density at radius 3 is 3.13 bits per heavy atom. The van der Waals surface area contributed by atoms with Crippen LogP contribution in [-0.2, 0) is 6.54 Å². The molecule has 2 amide bonds. The SMILES string of the molecule is CCN1CCC[C@H](NC(=O)N2CCOc3ccc(F)cc3C2)C1. The van der Waals surface area contributed by atoms with Crippen LogP contribution in [-0.4, -0.2) is 54.7 Å². The van der Waals surface area contributed by atoms with E-state index in [1.165, 1.54) is 12.1 Å². The Kier molecular flexibility index (Phi) is 5.00. The van der Waals surface area contributed by atoms with Crippen LogP contribution in [0.15, 0.2) is 18.2 Å². The summed E-state index contributed by atoms with van der Waals surface area (Å²) < 4.78 is 19.0. The average molecular weight is 321 g/mol. The van der Waals surface area contributed by atoms with E-state index in [9.17, 15) is 9.18 Å². The molecule has 1 N–H and O–H groups in total. The van der Waals surface area contributed by atoms with Crippen molar-refractivity contribution < 1.29 is 13.9 Å². The van der Waals surface area contributed by atoms with Gasteiger partial charge < -0.3 is 19.9 Å². The fourth-order valence-electron chi connectivity index (χ4n) is 3.26. The number of ether oxygens (including phenoxy) is 1. The number of nitrogens with one attached hydrogen (secondary N) is 1. The molecule has 2 aliphatic heterocycles. The van der Waals surface area contributed by atoms with Gasteiger partial charge in [-0.1, -0.05) is 6.92 Å². The summed E-state index contributed by atoms with van der Waals surface area (Å²) in [4.78, 5) is 16.6. The standard InChI is InChI=1S/C17H24FN3O2/c1-2-20-7-3-4-15(12-20)19-17(22)21-8-9-23-16-6-5-14(18)10-13(16)11-21/h5-6,10,15H,2-4,7-9,11-12H2,1H3,(H,19,22)/t15-/m0/s1. The maximum atomic E-state index is 13.4. The van der Waals surface area contributed by atoms with Crippen molar-refractivity contribution in [2.75, 3.05) is 32.8 Å². The van der Waals surface area contributed by atoms with Crippen LogP contribution in [0.5, 0.6) is 5.75 Å². The van der Waals surface area contributed by atoms with Crippen LogP contribution in [0.3, 0.4) is 0 Å². The van der Waals surface area contributed by atoms with Crippen LogP contribution < -0.4 is 10.1 Å². The molecule has 1 saturated heterocycles. The summed E-state index contributed by atoms with van der Waals surface area (Å²) >= 11 is 0. The van der Waals surface area contributed by atoms with Crippen molar-refractivity contribution in [3.8, 4) is 5.75 Å². The zero-order chi connectivity index (χ0) is 16.2. The number of hydrogen-bond acceptors (Lipinski definition) is 3. The summed E-state index contributed by atoms with van der Waals surface area (Å²) in [7, 11) is 0. The lowest BCUT2D eigenvalue weighted by Crippen LogP contribution is -2.51. The lowest BCUT2D eigenvalue weighted by atomic mass is 10.1. The number of urea groups is 1. The molecule has 1 fully saturated rings. The van der Waals surface area contributed by atoms with Crippen LogP contribution in [0.2, 0.25) is 0 Å². The number of carbonyl (C=O) groups excluding carboxylic acids is 1. The van der Waals surface area contributed by atoms with Gasteiger partial charge in [-0.3, -0.25) is 0 Å². The second-order valence-corrected chi connectivity index (χ2v) is 6.20. The molecule has 0 aromatic heterocycles. The lowest BCUT2D eigenvalue weighted by Gasteiger charge is -2.33. The topological polar surface area (TPSA) is 44.8 Å². The molecule has 126 valence electrons. The van der Waals surface area contributed by atoms with Crippen molar-refractivity contribution in [1.82, 2.24) is 15.1 Å². The van der Waals surface area contributed by atoms with E-state index in [4.69, 9.17) is 4.74 Å². The van der Waals surface area contributed by atoms with Crippen molar-refractivity contribution in [2.24, 2.45) is 0 Å². The number of amides is 2. The van der Waals surface area contributed by atoms with Crippen LogP contribution >= 0.6 is 0 Å². The second-order valence-electron chi connectivity index (χ2n) is 6.20. The van der Waals surface area contributed by atoms with Gasteiger partial charge in [-0.25, -0.2) is 9.18 Å². The molecular formula is C17H24FN3O2. The van der Waals surface area contributed by atoms with Crippen LogP contribution in [0.4, 0.5) is 9.18 Å². The summed E-state index contributed by atoms with van der Waals surface area (Å²) in [5, 5.41) is 3.12. The minimum atomic E-state index is -0.305. The van der Waals surface area contributed by atoms with Gasteiger partial charge in [-0.05, 0) is 44.1 Å². The minimum absolute atomic E-state index is 0.0892. The van der Waals surface area contributed by atoms with Crippen LogP contribution in [0, 0.1) is 5.82 Å². The van der Waals surface area contributed by atoms with Gasteiger partial charge in [0.2, 0.25) is 0 Å². The molecule has 6 heteroatoms. The normalized spacial score (nSPS) is 22.0. The summed E-state index contributed by atoms with van der Waals surface area (Å²) in [6, 6.07) is 4.56. The van der Waals surface area contributed by atoms with Gasteiger partial charge in [0.1, 0.15) is 18.2 Å². The molecule has 5 nitrogen and oxygen atoms in total. The summed E-state index contributed by atoms with van der Waals surface area (Å²) in [6.45, 7) is 6.47. The van der Waals surface area contributed by atoms with Crippen molar-refractivity contribution in [3.05, 3.63) is 29.6 Å². The first-order valence-electron chi connectivity index (χ1n) is 8.34. The molecule has 1 aromatic rings. The zero-order valence-corrected chi connectivity index (χ0v) is 13.6. The van der Waals surface area contributed by atoms with Gasteiger partial charge in [-0.2, -0.15) is 0 Å². The van der Waals surface area contributed by atoms with Crippen molar-refractivity contribution in [1.29, 1.82) is 0 Å². The van der Waals surface area contributed by atoms with Gasteiger partial charge in [0.05, 0.1) is 13.1 Å². The van der Waals surface area contributed by atoms with Gasteiger partial charge in [-0.15, -0.1) is 0 Å². The van der Waals surface area contributed by atoms with E-state index in [1.807, 2.05) is 0 Å². The van der Waals surface area contributed by atoms with Gasteiger partial charge in [0.25, 0.3) is 0 Å². The number of nitrogens with zero attached hydrogens (tertiary/aromatic N) is 2. The smallest absolute Gasteiger partial charge is 0.318 e. The Labute approximate surface area is 136 Å². The van der Waals surface area contributed by atoms with E-state index in [1.54, 1.807) is 11.0 Å². The number of hydrogen-bond donors (Lipinski definition) is 1. The first-order chi connectivity index (χ1) is 11.2. The Morgan fingerprint density at radius 1 is 1.43 bits per heavy atom. The maximum absolute atomic E-state index is 13.4. The molecule has 2 heterocycles.